The molecule has 0 unspecified atom stereocenters. The van der Waals surface area contributed by atoms with Crippen LogP contribution in [0.2, 0.25) is 0 Å². The second-order valence-corrected chi connectivity index (χ2v) is 8.71. The topological polar surface area (TPSA) is 62.1 Å². The van der Waals surface area contributed by atoms with Crippen LogP contribution in [0.25, 0.3) is 10.6 Å². The van der Waals surface area contributed by atoms with E-state index in [-0.39, 0.29) is 0 Å². The third kappa shape index (κ3) is 5.26. The first kappa shape index (κ1) is 21.4. The minimum atomic E-state index is 0.363. The van der Waals surface area contributed by atoms with Gasteiger partial charge in [0.15, 0.2) is 11.0 Å². The van der Waals surface area contributed by atoms with Gasteiger partial charge in [0.2, 0.25) is 0 Å². The average Bonchev–Trinajstić information content (AvgIpc) is 3.43. The van der Waals surface area contributed by atoms with Gasteiger partial charge in [-0.1, -0.05) is 35.5 Å². The van der Waals surface area contributed by atoms with Gasteiger partial charge in [-0.3, -0.25) is 0 Å². The van der Waals surface area contributed by atoms with Crippen molar-refractivity contribution in [3.8, 4) is 22.1 Å². The molecule has 0 saturated heterocycles. The molecule has 0 aliphatic rings. The van der Waals surface area contributed by atoms with E-state index in [0.29, 0.717) is 6.61 Å². The molecule has 6 nitrogen and oxygen atoms in total. The highest BCUT2D eigenvalue weighted by molar-refractivity contribution is 7.98. The summed E-state index contributed by atoms with van der Waals surface area (Å²) in [5.41, 5.74) is 3.45. The molecule has 0 N–H and O–H groups in total. The summed E-state index contributed by atoms with van der Waals surface area (Å²) in [6.07, 6.45) is 0. The maximum atomic E-state index is 5.87. The molecule has 0 amide bonds. The van der Waals surface area contributed by atoms with Crippen LogP contribution in [0.5, 0.6) is 11.5 Å². The zero-order chi connectivity index (χ0) is 21.6. The number of hydrogen-bond donors (Lipinski definition) is 0. The van der Waals surface area contributed by atoms with Crippen LogP contribution in [-0.2, 0) is 18.9 Å². The first-order valence-electron chi connectivity index (χ1n) is 9.99. The Hall–Kier alpha value is -2.84. The molecule has 0 fully saturated rings. The third-order valence-electron chi connectivity index (χ3n) is 4.70. The smallest absolute Gasteiger partial charge is 0.191 e. The summed E-state index contributed by atoms with van der Waals surface area (Å²) < 4.78 is 13.1. The number of aromatic nitrogens is 4. The Morgan fingerprint density at radius 1 is 1.06 bits per heavy atom. The number of benzene rings is 2. The van der Waals surface area contributed by atoms with Crippen LogP contribution in [0, 0.1) is 6.92 Å². The molecule has 0 saturated carbocycles. The largest absolute Gasteiger partial charge is 0.497 e. The highest BCUT2D eigenvalue weighted by atomic mass is 32.2. The van der Waals surface area contributed by atoms with Crippen LogP contribution >= 0.6 is 23.1 Å². The zero-order valence-electron chi connectivity index (χ0n) is 17.7. The Morgan fingerprint density at radius 3 is 2.61 bits per heavy atom. The summed E-state index contributed by atoms with van der Waals surface area (Å²) in [5, 5.41) is 12.7. The molecule has 2 heterocycles. The van der Waals surface area contributed by atoms with Gasteiger partial charge >= 0.3 is 0 Å². The van der Waals surface area contributed by atoms with E-state index < -0.39 is 0 Å². The van der Waals surface area contributed by atoms with E-state index in [1.165, 1.54) is 5.56 Å². The Balaban J connectivity index is 1.38. The van der Waals surface area contributed by atoms with Gasteiger partial charge in [-0.05, 0) is 44.2 Å². The number of thiazole rings is 1. The summed E-state index contributed by atoms with van der Waals surface area (Å²) in [4.78, 5) is 4.79. The van der Waals surface area contributed by atoms with Gasteiger partial charge in [0.25, 0.3) is 0 Å². The monoisotopic (exact) mass is 452 g/mol. The number of nitrogens with zero attached hydrogens (tertiary/aromatic N) is 4. The minimum Gasteiger partial charge on any atom is -0.497 e. The molecule has 0 aliphatic heterocycles. The second kappa shape index (κ2) is 9.98. The molecule has 8 heteroatoms. The van der Waals surface area contributed by atoms with Crippen LogP contribution in [0.4, 0.5) is 0 Å². The van der Waals surface area contributed by atoms with Crippen molar-refractivity contribution in [1.29, 1.82) is 0 Å². The molecule has 31 heavy (non-hydrogen) atoms. The summed E-state index contributed by atoms with van der Waals surface area (Å²) in [7, 11) is 1.65. The molecule has 2 aromatic heterocycles. The molecular formula is C23H24N4O2S2. The lowest BCUT2D eigenvalue weighted by Crippen LogP contribution is -2.07. The van der Waals surface area contributed by atoms with E-state index in [0.717, 1.165) is 51.0 Å². The molecule has 0 radical (unpaired) electrons. The summed E-state index contributed by atoms with van der Waals surface area (Å²) in [6, 6.07) is 16.0. The van der Waals surface area contributed by atoms with Gasteiger partial charge in [0.05, 0.1) is 12.8 Å². The standard InChI is InChI=1S/C23H24N4O2S2/c1-4-27-21(13-29-20-10-8-19(28-3)9-11-20)25-26-23(27)31-15-18-14-30-22(24-18)17-7-5-6-16(2)12-17/h5-12,14H,4,13,15H2,1-3H3. The highest BCUT2D eigenvalue weighted by Crippen LogP contribution is 2.28. The van der Waals surface area contributed by atoms with E-state index in [1.807, 2.05) is 24.3 Å². The molecular weight excluding hydrogens is 428 g/mol. The van der Waals surface area contributed by atoms with Crippen LogP contribution in [0.15, 0.2) is 59.1 Å². The average molecular weight is 453 g/mol. The lowest BCUT2D eigenvalue weighted by molar-refractivity contribution is 0.287. The van der Waals surface area contributed by atoms with Gasteiger partial charge in [-0.25, -0.2) is 4.98 Å². The van der Waals surface area contributed by atoms with Gasteiger partial charge < -0.3 is 14.0 Å². The number of aryl methyl sites for hydroxylation is 1. The number of hydrogen-bond acceptors (Lipinski definition) is 7. The summed E-state index contributed by atoms with van der Waals surface area (Å²) in [6.45, 7) is 5.33. The molecule has 4 rings (SSSR count). The Kier molecular flexibility index (Phi) is 6.89. The fraction of sp³-hybridized carbons (Fsp3) is 0.261. The Labute approximate surface area is 190 Å². The number of ether oxygens (including phenoxy) is 2. The van der Waals surface area contributed by atoms with Crippen LogP contribution in [-0.4, -0.2) is 26.9 Å². The van der Waals surface area contributed by atoms with E-state index in [2.05, 4.69) is 58.3 Å². The number of thioether (sulfide) groups is 1. The second-order valence-electron chi connectivity index (χ2n) is 6.91. The van der Waals surface area contributed by atoms with Gasteiger partial charge in [-0.15, -0.1) is 21.5 Å². The predicted molar refractivity (Wildman–Crippen MR) is 125 cm³/mol. The maximum Gasteiger partial charge on any atom is 0.191 e. The van der Waals surface area contributed by atoms with Gasteiger partial charge in [0.1, 0.15) is 23.1 Å². The summed E-state index contributed by atoms with van der Waals surface area (Å²) >= 11 is 3.32. The van der Waals surface area contributed by atoms with Crippen molar-refractivity contribution in [3.05, 3.63) is 71.0 Å². The molecule has 0 bridgehead atoms. The van der Waals surface area contributed by atoms with Gasteiger partial charge in [0, 0.05) is 23.2 Å². The van der Waals surface area contributed by atoms with Crippen molar-refractivity contribution in [1.82, 2.24) is 19.7 Å². The van der Waals surface area contributed by atoms with Crippen LogP contribution in [0.1, 0.15) is 24.0 Å². The van der Waals surface area contributed by atoms with E-state index >= 15 is 0 Å². The third-order valence-corrected chi connectivity index (χ3v) is 6.64. The highest BCUT2D eigenvalue weighted by Gasteiger charge is 2.13. The van der Waals surface area contributed by atoms with Crippen LogP contribution < -0.4 is 9.47 Å². The number of methoxy groups -OCH3 is 1. The first-order valence-corrected chi connectivity index (χ1v) is 11.9. The first-order chi connectivity index (χ1) is 15.2. The Morgan fingerprint density at radius 2 is 1.87 bits per heavy atom. The predicted octanol–water partition coefficient (Wildman–Crippen LogP) is 5.61. The van der Waals surface area contributed by atoms with Crippen molar-refractivity contribution < 1.29 is 9.47 Å². The molecule has 0 spiro atoms. The molecule has 160 valence electrons. The molecule has 2 aromatic carbocycles. The molecule has 0 aliphatic carbocycles. The Bertz CT molecular complexity index is 1140. The van der Waals surface area contributed by atoms with Crippen molar-refractivity contribution in [2.75, 3.05) is 7.11 Å². The molecule has 4 aromatic rings. The fourth-order valence-corrected chi connectivity index (χ4v) is 4.93. The normalized spacial score (nSPS) is 10.9. The molecule has 0 atom stereocenters. The maximum absolute atomic E-state index is 5.87. The lowest BCUT2D eigenvalue weighted by atomic mass is 10.1. The van der Waals surface area contributed by atoms with Crippen LogP contribution in [0.3, 0.4) is 0 Å². The minimum absolute atomic E-state index is 0.363. The quantitative estimate of drug-likeness (QED) is 0.308. The van der Waals surface area contributed by atoms with E-state index in [1.54, 1.807) is 30.2 Å². The SMILES string of the molecule is CCn1c(COc2ccc(OC)cc2)nnc1SCc1csc(-c2cccc(C)c2)n1. The van der Waals surface area contributed by atoms with Crippen molar-refractivity contribution in [2.24, 2.45) is 0 Å². The number of rotatable bonds is 9. The zero-order valence-corrected chi connectivity index (χ0v) is 19.4. The summed E-state index contributed by atoms with van der Waals surface area (Å²) in [5.74, 6) is 3.13. The van der Waals surface area contributed by atoms with E-state index in [9.17, 15) is 0 Å². The van der Waals surface area contributed by atoms with E-state index in [4.69, 9.17) is 14.5 Å². The van der Waals surface area contributed by atoms with Crippen molar-refractivity contribution in [2.45, 2.75) is 37.9 Å². The lowest BCUT2D eigenvalue weighted by Gasteiger charge is -2.09. The van der Waals surface area contributed by atoms with Gasteiger partial charge in [-0.2, -0.15) is 0 Å². The van der Waals surface area contributed by atoms with Crippen molar-refractivity contribution >= 4 is 23.1 Å². The fourth-order valence-electron chi connectivity index (χ4n) is 3.09. The van der Waals surface area contributed by atoms with Crippen molar-refractivity contribution in [3.63, 3.8) is 0 Å².